The molecule has 0 heterocycles. The van der Waals surface area contributed by atoms with Crippen LogP contribution in [0.2, 0.25) is 0 Å². The molecule has 0 radical (unpaired) electrons. The maximum absolute atomic E-state index is 11.8. The number of nitrogens with zero attached hydrogens (tertiary/aromatic N) is 4. The molecule has 0 aromatic carbocycles. The van der Waals surface area contributed by atoms with E-state index in [1.54, 1.807) is 11.8 Å². The molecule has 0 aromatic rings. The lowest BCUT2D eigenvalue weighted by atomic mass is 10.1. The Morgan fingerprint density at radius 3 is 1.96 bits per heavy atom. The Hall–Kier alpha value is -0.980. The number of carbonyl (C=O) groups is 1. The summed E-state index contributed by atoms with van der Waals surface area (Å²) in [4.78, 5) is 11.8. The number of esters is 1. The average molecular weight is 359 g/mol. The third kappa shape index (κ3) is 15.9. The quantitative estimate of drug-likeness (QED) is 0.433. The highest BCUT2D eigenvalue weighted by molar-refractivity contribution is 7.99. The van der Waals surface area contributed by atoms with Crippen LogP contribution in [-0.2, 0) is 9.53 Å². The lowest BCUT2D eigenvalue weighted by molar-refractivity contribution is -0.147. The van der Waals surface area contributed by atoms with Crippen molar-refractivity contribution >= 4 is 17.7 Å². The minimum absolute atomic E-state index is 0.130. The molecule has 0 saturated heterocycles. The molecule has 2 unspecified atom stereocenters. The zero-order chi connectivity index (χ0) is 18.8. The van der Waals surface area contributed by atoms with Gasteiger partial charge in [-0.15, -0.1) is 0 Å². The van der Waals surface area contributed by atoms with E-state index in [0.717, 1.165) is 5.75 Å². The molecule has 0 saturated carbocycles. The predicted octanol–water partition coefficient (Wildman–Crippen LogP) is 4.93. The van der Waals surface area contributed by atoms with E-state index in [0.29, 0.717) is 24.8 Å². The first-order chi connectivity index (χ1) is 10.9. The lowest BCUT2D eigenvalue weighted by Crippen LogP contribution is -2.19. The van der Waals surface area contributed by atoms with Crippen LogP contribution in [0.1, 0.15) is 61.8 Å². The normalized spacial score (nSPS) is 15.8. The fraction of sp³-hybridized carbons (Fsp3) is 0.941. The largest absolute Gasteiger partial charge is 0.461 e. The second-order valence-corrected chi connectivity index (χ2v) is 9.47. The van der Waals surface area contributed by atoms with Gasteiger partial charge < -0.3 is 4.74 Å². The van der Waals surface area contributed by atoms with Crippen LogP contribution in [0.25, 0.3) is 0 Å². The standard InChI is InChI=1S/C17H34N4O2S/c1-13(11-18-20-16(3,4)5)23-15(22)9-10-24-14(2)12-19-21-17(6,7)8/h13-14H,9-12H2,1-8H3. The highest BCUT2D eigenvalue weighted by atomic mass is 32.2. The van der Waals surface area contributed by atoms with Crippen LogP contribution in [-0.4, -0.2) is 47.2 Å². The zero-order valence-electron chi connectivity index (χ0n) is 16.5. The van der Waals surface area contributed by atoms with Gasteiger partial charge >= 0.3 is 5.97 Å². The molecule has 140 valence electrons. The first-order valence-corrected chi connectivity index (χ1v) is 9.52. The van der Waals surface area contributed by atoms with Gasteiger partial charge in [0, 0.05) is 11.0 Å². The molecule has 0 bridgehead atoms. The number of hydrogen-bond acceptors (Lipinski definition) is 7. The summed E-state index contributed by atoms with van der Waals surface area (Å²) in [5, 5.41) is 17.0. The van der Waals surface area contributed by atoms with E-state index in [1.165, 1.54) is 0 Å². The van der Waals surface area contributed by atoms with E-state index < -0.39 is 0 Å². The fourth-order valence-electron chi connectivity index (χ4n) is 1.45. The van der Waals surface area contributed by atoms with Crippen LogP contribution in [0.4, 0.5) is 0 Å². The SMILES string of the molecule is CC(CN=NC(C)(C)C)OC(=O)CCSC(C)CN=NC(C)(C)C. The molecular formula is C17H34N4O2S. The molecule has 0 amide bonds. The second-order valence-electron chi connectivity index (χ2n) is 7.92. The van der Waals surface area contributed by atoms with Crippen molar-refractivity contribution in [2.24, 2.45) is 20.5 Å². The Labute approximate surface area is 151 Å². The lowest BCUT2D eigenvalue weighted by Gasteiger charge is -2.13. The minimum atomic E-state index is -0.244. The Balaban J connectivity index is 3.89. The molecule has 0 aliphatic heterocycles. The maximum Gasteiger partial charge on any atom is 0.306 e. The van der Waals surface area contributed by atoms with Crippen LogP contribution in [0.3, 0.4) is 0 Å². The van der Waals surface area contributed by atoms with E-state index in [9.17, 15) is 4.79 Å². The first kappa shape index (κ1) is 23.0. The van der Waals surface area contributed by atoms with Crippen LogP contribution < -0.4 is 0 Å². The highest BCUT2D eigenvalue weighted by Crippen LogP contribution is 2.14. The topological polar surface area (TPSA) is 75.7 Å². The number of thioether (sulfide) groups is 1. The van der Waals surface area contributed by atoms with Crippen molar-refractivity contribution in [2.75, 3.05) is 18.8 Å². The van der Waals surface area contributed by atoms with Gasteiger partial charge in [0.2, 0.25) is 0 Å². The van der Waals surface area contributed by atoms with Crippen molar-refractivity contribution in [3.8, 4) is 0 Å². The van der Waals surface area contributed by atoms with Crippen molar-refractivity contribution in [3.63, 3.8) is 0 Å². The molecule has 0 spiro atoms. The highest BCUT2D eigenvalue weighted by Gasteiger charge is 2.12. The summed E-state index contributed by atoms with van der Waals surface area (Å²) in [5.74, 6) is 0.533. The van der Waals surface area contributed by atoms with Crippen LogP contribution in [0.15, 0.2) is 20.5 Å². The van der Waals surface area contributed by atoms with Gasteiger partial charge in [-0.25, -0.2) is 0 Å². The fourth-order valence-corrected chi connectivity index (χ4v) is 2.31. The number of carbonyl (C=O) groups excluding carboxylic acids is 1. The van der Waals surface area contributed by atoms with E-state index in [1.807, 2.05) is 48.5 Å². The summed E-state index contributed by atoms with van der Waals surface area (Å²) < 4.78 is 5.32. The van der Waals surface area contributed by atoms with Gasteiger partial charge in [-0.1, -0.05) is 6.92 Å². The van der Waals surface area contributed by atoms with Gasteiger partial charge in [0.25, 0.3) is 0 Å². The number of hydrogen-bond donors (Lipinski definition) is 0. The summed E-state index contributed by atoms with van der Waals surface area (Å²) in [6.45, 7) is 17.0. The molecule has 7 heteroatoms. The molecule has 24 heavy (non-hydrogen) atoms. The maximum atomic E-state index is 11.8. The molecule has 6 nitrogen and oxygen atoms in total. The Bertz CT molecular complexity index is 425. The summed E-state index contributed by atoms with van der Waals surface area (Å²) in [6, 6.07) is 0. The van der Waals surface area contributed by atoms with Crippen LogP contribution >= 0.6 is 11.8 Å². The van der Waals surface area contributed by atoms with Gasteiger partial charge in [0.1, 0.15) is 6.10 Å². The summed E-state index contributed by atoms with van der Waals surface area (Å²) in [7, 11) is 0. The molecule has 0 rings (SSSR count). The summed E-state index contributed by atoms with van der Waals surface area (Å²) in [5.41, 5.74) is -0.324. The van der Waals surface area contributed by atoms with Crippen molar-refractivity contribution in [1.82, 2.24) is 0 Å². The first-order valence-electron chi connectivity index (χ1n) is 8.47. The van der Waals surface area contributed by atoms with Gasteiger partial charge in [-0.3, -0.25) is 4.79 Å². The van der Waals surface area contributed by atoms with E-state index >= 15 is 0 Å². The molecule has 0 fully saturated rings. The monoisotopic (exact) mass is 358 g/mol. The predicted molar refractivity (Wildman–Crippen MR) is 101 cm³/mol. The Morgan fingerprint density at radius 2 is 1.46 bits per heavy atom. The number of rotatable bonds is 9. The molecule has 0 aliphatic carbocycles. The van der Waals surface area contributed by atoms with Crippen molar-refractivity contribution in [2.45, 2.75) is 84.2 Å². The van der Waals surface area contributed by atoms with Gasteiger partial charge in [-0.2, -0.15) is 32.2 Å². The zero-order valence-corrected chi connectivity index (χ0v) is 17.3. The minimum Gasteiger partial charge on any atom is -0.461 e. The van der Waals surface area contributed by atoms with Gasteiger partial charge in [-0.05, 0) is 48.5 Å². The summed E-state index contributed by atoms with van der Waals surface area (Å²) in [6.07, 6.45) is 0.151. The molecule has 2 atom stereocenters. The third-order valence-electron chi connectivity index (χ3n) is 2.46. The van der Waals surface area contributed by atoms with Gasteiger partial charge in [0.15, 0.2) is 0 Å². The van der Waals surface area contributed by atoms with Crippen molar-refractivity contribution < 1.29 is 9.53 Å². The van der Waals surface area contributed by atoms with Crippen LogP contribution in [0, 0.1) is 0 Å². The van der Waals surface area contributed by atoms with Gasteiger partial charge in [0.05, 0.1) is 30.6 Å². The number of ether oxygens (including phenoxy) is 1. The van der Waals surface area contributed by atoms with Crippen molar-refractivity contribution in [3.05, 3.63) is 0 Å². The van der Waals surface area contributed by atoms with Crippen molar-refractivity contribution in [1.29, 1.82) is 0 Å². The molecule has 0 aliphatic rings. The van der Waals surface area contributed by atoms with E-state index in [4.69, 9.17) is 4.74 Å². The number of azo groups is 2. The van der Waals surface area contributed by atoms with E-state index in [-0.39, 0.29) is 23.2 Å². The van der Waals surface area contributed by atoms with Crippen LogP contribution in [0.5, 0.6) is 0 Å². The molecule has 0 N–H and O–H groups in total. The molecule has 0 aromatic heterocycles. The second kappa shape index (κ2) is 10.8. The average Bonchev–Trinajstić information content (AvgIpc) is 2.35. The third-order valence-corrected chi connectivity index (χ3v) is 3.62. The smallest absolute Gasteiger partial charge is 0.306 e. The summed E-state index contributed by atoms with van der Waals surface area (Å²) >= 11 is 1.71. The van der Waals surface area contributed by atoms with E-state index in [2.05, 4.69) is 27.4 Å². The Kier molecular flexibility index (Phi) is 10.4. The Morgan fingerprint density at radius 1 is 0.958 bits per heavy atom. The molecular weight excluding hydrogens is 324 g/mol.